The number of aliphatic hydroxyl groups is 1. The lowest BCUT2D eigenvalue weighted by Crippen LogP contribution is -2.15. The molecule has 0 saturated heterocycles. The van der Waals surface area contributed by atoms with Crippen LogP contribution in [0.2, 0.25) is 0 Å². The molecule has 11 heavy (non-hydrogen) atoms. The Balaban J connectivity index is 2.46. The summed E-state index contributed by atoms with van der Waals surface area (Å²) in [7, 11) is 0. The molecule has 2 N–H and O–H groups in total. The van der Waals surface area contributed by atoms with Gasteiger partial charge in [0.05, 0.1) is 6.20 Å². The summed E-state index contributed by atoms with van der Waals surface area (Å²) in [5.41, 5.74) is 0. The van der Waals surface area contributed by atoms with Gasteiger partial charge in [0.15, 0.2) is 0 Å². The predicted octanol–water partition coefficient (Wildman–Crippen LogP) is 0.416. The molecule has 0 bridgehead atoms. The van der Waals surface area contributed by atoms with E-state index in [4.69, 9.17) is 0 Å². The van der Waals surface area contributed by atoms with Crippen molar-refractivity contribution in [1.29, 1.82) is 0 Å². The SMILES string of the molecule is Oc1cnc2n1CCCC2O. The summed E-state index contributed by atoms with van der Waals surface area (Å²) in [6.45, 7) is 0.762. The van der Waals surface area contributed by atoms with Crippen molar-refractivity contribution in [3.8, 4) is 5.88 Å². The molecule has 1 aliphatic heterocycles. The van der Waals surface area contributed by atoms with Gasteiger partial charge >= 0.3 is 0 Å². The van der Waals surface area contributed by atoms with Crippen LogP contribution in [0.1, 0.15) is 24.8 Å². The van der Waals surface area contributed by atoms with Gasteiger partial charge in [-0.2, -0.15) is 0 Å². The third-order valence-electron chi connectivity index (χ3n) is 2.02. The van der Waals surface area contributed by atoms with Gasteiger partial charge in [-0.05, 0) is 12.8 Å². The fourth-order valence-electron chi connectivity index (χ4n) is 1.45. The molecule has 1 unspecified atom stereocenters. The average Bonchev–Trinajstić information content (AvgIpc) is 2.35. The van der Waals surface area contributed by atoms with Crippen LogP contribution in [-0.4, -0.2) is 19.8 Å². The van der Waals surface area contributed by atoms with Crippen LogP contribution in [0.25, 0.3) is 0 Å². The molecule has 0 saturated carbocycles. The molecular formula is C7H10N2O2. The molecule has 1 aromatic heterocycles. The zero-order valence-electron chi connectivity index (χ0n) is 6.06. The van der Waals surface area contributed by atoms with E-state index in [0.717, 1.165) is 19.4 Å². The van der Waals surface area contributed by atoms with Crippen molar-refractivity contribution in [3.05, 3.63) is 12.0 Å². The molecule has 2 rings (SSSR count). The highest BCUT2D eigenvalue weighted by molar-refractivity contribution is 5.12. The van der Waals surface area contributed by atoms with Crippen molar-refractivity contribution in [3.63, 3.8) is 0 Å². The van der Waals surface area contributed by atoms with Crippen LogP contribution in [0.15, 0.2) is 6.20 Å². The highest BCUT2D eigenvalue weighted by atomic mass is 16.3. The number of nitrogens with zero attached hydrogens (tertiary/aromatic N) is 2. The van der Waals surface area contributed by atoms with Crippen LogP contribution in [0.3, 0.4) is 0 Å². The summed E-state index contributed by atoms with van der Waals surface area (Å²) in [5.74, 6) is 0.743. The molecule has 1 atom stereocenters. The molecule has 0 radical (unpaired) electrons. The van der Waals surface area contributed by atoms with Gasteiger partial charge in [0.1, 0.15) is 11.9 Å². The van der Waals surface area contributed by atoms with Crippen LogP contribution in [0, 0.1) is 0 Å². The van der Waals surface area contributed by atoms with Gasteiger partial charge in [0.2, 0.25) is 5.88 Å². The number of imidazole rings is 1. The van der Waals surface area contributed by atoms with E-state index in [-0.39, 0.29) is 5.88 Å². The van der Waals surface area contributed by atoms with Crippen molar-refractivity contribution >= 4 is 0 Å². The monoisotopic (exact) mass is 154 g/mol. The van der Waals surface area contributed by atoms with Crippen LogP contribution in [0.5, 0.6) is 5.88 Å². The second-order valence-corrected chi connectivity index (χ2v) is 2.78. The van der Waals surface area contributed by atoms with Crippen molar-refractivity contribution < 1.29 is 10.2 Å². The van der Waals surface area contributed by atoms with E-state index in [1.807, 2.05) is 0 Å². The Hall–Kier alpha value is -1.03. The number of hydrogen-bond donors (Lipinski definition) is 2. The Morgan fingerprint density at radius 1 is 1.64 bits per heavy atom. The fourth-order valence-corrected chi connectivity index (χ4v) is 1.45. The molecule has 1 aromatic rings. The largest absolute Gasteiger partial charge is 0.493 e. The fraction of sp³-hybridized carbons (Fsp3) is 0.571. The Morgan fingerprint density at radius 3 is 3.18 bits per heavy atom. The normalized spacial score (nSPS) is 23.2. The van der Waals surface area contributed by atoms with Gasteiger partial charge in [-0.1, -0.05) is 0 Å². The first-order valence-electron chi connectivity index (χ1n) is 3.71. The standard InChI is InChI=1S/C7H10N2O2/c10-5-2-1-3-9-6(11)4-8-7(5)9/h4-5,10-11H,1-3H2. The Labute approximate surface area is 64.1 Å². The van der Waals surface area contributed by atoms with E-state index in [1.165, 1.54) is 6.20 Å². The third-order valence-corrected chi connectivity index (χ3v) is 2.02. The maximum Gasteiger partial charge on any atom is 0.211 e. The molecule has 0 aliphatic carbocycles. The zero-order chi connectivity index (χ0) is 7.84. The number of aromatic hydroxyl groups is 1. The molecule has 1 aliphatic rings. The number of aromatic nitrogens is 2. The van der Waals surface area contributed by atoms with Crippen LogP contribution in [0.4, 0.5) is 0 Å². The molecule has 0 spiro atoms. The number of rotatable bonds is 0. The molecule has 2 heterocycles. The third kappa shape index (κ3) is 0.903. The van der Waals surface area contributed by atoms with E-state index in [9.17, 15) is 10.2 Å². The van der Waals surface area contributed by atoms with Gasteiger partial charge in [-0.25, -0.2) is 4.98 Å². The summed E-state index contributed by atoms with van der Waals surface area (Å²) < 4.78 is 1.65. The molecule has 0 amide bonds. The quantitative estimate of drug-likeness (QED) is 0.569. The van der Waals surface area contributed by atoms with E-state index in [1.54, 1.807) is 4.57 Å². The second kappa shape index (κ2) is 2.23. The Morgan fingerprint density at radius 2 is 2.45 bits per heavy atom. The van der Waals surface area contributed by atoms with Crippen LogP contribution >= 0.6 is 0 Å². The van der Waals surface area contributed by atoms with Gasteiger partial charge in [0.25, 0.3) is 0 Å². The minimum absolute atomic E-state index is 0.152. The molecule has 0 fully saturated rings. The summed E-state index contributed by atoms with van der Waals surface area (Å²) >= 11 is 0. The number of fused-ring (bicyclic) bond motifs is 1. The van der Waals surface area contributed by atoms with Crippen molar-refractivity contribution in [2.45, 2.75) is 25.5 Å². The van der Waals surface area contributed by atoms with Gasteiger partial charge < -0.3 is 10.2 Å². The molecule has 4 nitrogen and oxygen atoms in total. The summed E-state index contributed by atoms with van der Waals surface area (Å²) in [5, 5.41) is 18.6. The average molecular weight is 154 g/mol. The minimum Gasteiger partial charge on any atom is -0.493 e. The molecular weight excluding hydrogens is 144 g/mol. The molecule has 0 aromatic carbocycles. The first kappa shape index (κ1) is 6.67. The van der Waals surface area contributed by atoms with E-state index in [2.05, 4.69) is 4.98 Å². The first-order chi connectivity index (χ1) is 5.29. The lowest BCUT2D eigenvalue weighted by molar-refractivity contribution is 0.131. The zero-order valence-corrected chi connectivity index (χ0v) is 6.06. The minimum atomic E-state index is -0.496. The summed E-state index contributed by atoms with van der Waals surface area (Å²) in [6.07, 6.45) is 2.53. The van der Waals surface area contributed by atoms with Crippen molar-refractivity contribution in [2.75, 3.05) is 0 Å². The molecule has 60 valence electrons. The summed E-state index contributed by atoms with van der Waals surface area (Å²) in [6, 6.07) is 0. The number of hydrogen-bond acceptors (Lipinski definition) is 3. The van der Waals surface area contributed by atoms with E-state index >= 15 is 0 Å². The maximum atomic E-state index is 9.38. The van der Waals surface area contributed by atoms with Gasteiger partial charge in [0, 0.05) is 6.54 Å². The second-order valence-electron chi connectivity index (χ2n) is 2.78. The van der Waals surface area contributed by atoms with E-state index in [0.29, 0.717) is 5.82 Å². The smallest absolute Gasteiger partial charge is 0.211 e. The van der Waals surface area contributed by atoms with Crippen molar-refractivity contribution in [2.24, 2.45) is 0 Å². The van der Waals surface area contributed by atoms with Crippen molar-refractivity contribution in [1.82, 2.24) is 9.55 Å². The lowest BCUT2D eigenvalue weighted by atomic mass is 10.1. The lowest BCUT2D eigenvalue weighted by Gasteiger charge is -2.18. The van der Waals surface area contributed by atoms with Gasteiger partial charge in [-0.3, -0.25) is 4.57 Å². The van der Waals surface area contributed by atoms with Crippen LogP contribution < -0.4 is 0 Å². The van der Waals surface area contributed by atoms with E-state index < -0.39 is 6.10 Å². The maximum absolute atomic E-state index is 9.38. The highest BCUT2D eigenvalue weighted by Crippen LogP contribution is 2.27. The number of aliphatic hydroxyl groups excluding tert-OH is 1. The summed E-state index contributed by atoms with van der Waals surface area (Å²) in [4.78, 5) is 3.90. The Kier molecular flexibility index (Phi) is 1.35. The van der Waals surface area contributed by atoms with Crippen LogP contribution in [-0.2, 0) is 6.54 Å². The predicted molar refractivity (Wildman–Crippen MR) is 38.1 cm³/mol. The molecule has 4 heteroatoms. The Bertz CT molecular complexity index is 269. The first-order valence-corrected chi connectivity index (χ1v) is 3.71. The van der Waals surface area contributed by atoms with Gasteiger partial charge in [-0.15, -0.1) is 0 Å². The topological polar surface area (TPSA) is 58.3 Å². The highest BCUT2D eigenvalue weighted by Gasteiger charge is 2.21.